The fourth-order valence-corrected chi connectivity index (χ4v) is 1.50. The zero-order valence-corrected chi connectivity index (χ0v) is 9.33. The molecule has 1 aromatic carbocycles. The van der Waals surface area contributed by atoms with Gasteiger partial charge < -0.3 is 15.8 Å². The van der Waals surface area contributed by atoms with E-state index >= 15 is 0 Å². The molecular weight excluding hydrogens is 223 g/mol. The zero-order valence-electron chi connectivity index (χ0n) is 9.33. The largest absolute Gasteiger partial charge is 0.336 e. The molecule has 1 heterocycles. The number of likely N-dealkylation sites (N-methyl/N-ethyl adjacent to an activating group) is 1. The Morgan fingerprint density at radius 3 is 2.65 bits per heavy atom. The van der Waals surface area contributed by atoms with Crippen molar-refractivity contribution in [2.75, 3.05) is 13.6 Å². The van der Waals surface area contributed by atoms with E-state index in [1.165, 1.54) is 24.3 Å². The van der Waals surface area contributed by atoms with Crippen LogP contribution in [0.5, 0.6) is 0 Å². The molecule has 17 heavy (non-hydrogen) atoms. The van der Waals surface area contributed by atoms with Gasteiger partial charge in [-0.15, -0.1) is 0 Å². The van der Waals surface area contributed by atoms with Crippen LogP contribution < -0.4 is 16.4 Å². The van der Waals surface area contributed by atoms with Gasteiger partial charge in [-0.1, -0.05) is 0 Å². The third-order valence-corrected chi connectivity index (χ3v) is 2.39. The Balaban J connectivity index is 2.01. The van der Waals surface area contributed by atoms with Crippen LogP contribution in [0.25, 0.3) is 0 Å². The summed E-state index contributed by atoms with van der Waals surface area (Å²) in [7, 11) is 1.69. The Hall–Kier alpha value is -2.08. The van der Waals surface area contributed by atoms with E-state index in [1.807, 2.05) is 0 Å². The monoisotopic (exact) mass is 236 g/mol. The highest BCUT2D eigenvalue weighted by molar-refractivity contribution is 5.94. The fourth-order valence-electron chi connectivity index (χ4n) is 1.50. The molecule has 5 nitrogen and oxygen atoms in total. The van der Waals surface area contributed by atoms with Crippen LogP contribution in [0.3, 0.4) is 0 Å². The van der Waals surface area contributed by atoms with Gasteiger partial charge in [0.25, 0.3) is 5.91 Å². The first-order chi connectivity index (χ1) is 8.16. The summed E-state index contributed by atoms with van der Waals surface area (Å²) < 4.78 is 12.7. The van der Waals surface area contributed by atoms with E-state index in [0.717, 1.165) is 5.70 Å². The number of hydrazine groups is 2. The SMILES string of the molecule is CN(CC1=CNNN1)C(=O)c1ccc(F)cc1. The number of benzene rings is 1. The maximum absolute atomic E-state index is 12.7. The minimum atomic E-state index is -0.349. The zero-order chi connectivity index (χ0) is 12.3. The summed E-state index contributed by atoms with van der Waals surface area (Å²) in [6, 6.07) is 5.50. The van der Waals surface area contributed by atoms with Crippen LogP contribution in [0.4, 0.5) is 4.39 Å². The van der Waals surface area contributed by atoms with E-state index in [2.05, 4.69) is 16.4 Å². The van der Waals surface area contributed by atoms with Gasteiger partial charge in [0.05, 0.1) is 12.2 Å². The highest BCUT2D eigenvalue weighted by Crippen LogP contribution is 2.07. The molecule has 0 aliphatic carbocycles. The normalized spacial score (nSPS) is 13.6. The second-order valence-electron chi connectivity index (χ2n) is 3.73. The van der Waals surface area contributed by atoms with Gasteiger partial charge >= 0.3 is 0 Å². The summed E-state index contributed by atoms with van der Waals surface area (Å²) in [5, 5.41) is 0. The standard InChI is InChI=1S/C11H13FN4O/c1-16(7-10-6-13-15-14-10)11(17)8-2-4-9(12)5-3-8/h2-6,13-15H,7H2,1H3. The molecule has 0 saturated heterocycles. The summed E-state index contributed by atoms with van der Waals surface area (Å²) in [5.41, 5.74) is 9.60. The molecule has 0 spiro atoms. The van der Waals surface area contributed by atoms with E-state index in [-0.39, 0.29) is 11.7 Å². The lowest BCUT2D eigenvalue weighted by atomic mass is 10.2. The second kappa shape index (κ2) is 4.84. The van der Waals surface area contributed by atoms with E-state index in [0.29, 0.717) is 12.1 Å². The summed E-state index contributed by atoms with van der Waals surface area (Å²) in [6.07, 6.45) is 1.73. The molecule has 0 fully saturated rings. The Bertz CT molecular complexity index is 443. The van der Waals surface area contributed by atoms with Crippen molar-refractivity contribution in [2.24, 2.45) is 0 Å². The van der Waals surface area contributed by atoms with E-state index in [1.54, 1.807) is 18.1 Å². The second-order valence-corrected chi connectivity index (χ2v) is 3.73. The molecule has 1 aliphatic heterocycles. The number of halogens is 1. The highest BCUT2D eigenvalue weighted by atomic mass is 19.1. The Morgan fingerprint density at radius 2 is 2.06 bits per heavy atom. The summed E-state index contributed by atoms with van der Waals surface area (Å²) >= 11 is 0. The number of carbonyl (C=O) groups excluding carboxylic acids is 1. The summed E-state index contributed by atoms with van der Waals surface area (Å²) in [4.78, 5) is 13.5. The highest BCUT2D eigenvalue weighted by Gasteiger charge is 2.14. The third-order valence-electron chi connectivity index (χ3n) is 2.39. The lowest BCUT2D eigenvalue weighted by Crippen LogP contribution is -2.36. The molecule has 0 unspecified atom stereocenters. The van der Waals surface area contributed by atoms with Crippen LogP contribution in [0.2, 0.25) is 0 Å². The Kier molecular flexibility index (Phi) is 3.24. The van der Waals surface area contributed by atoms with Crippen LogP contribution in [-0.2, 0) is 0 Å². The average molecular weight is 236 g/mol. The molecule has 0 atom stereocenters. The van der Waals surface area contributed by atoms with Crippen molar-refractivity contribution in [3.63, 3.8) is 0 Å². The van der Waals surface area contributed by atoms with E-state index < -0.39 is 0 Å². The van der Waals surface area contributed by atoms with Gasteiger partial charge in [-0.25, -0.2) is 4.39 Å². The quantitative estimate of drug-likeness (QED) is 0.709. The maximum atomic E-state index is 12.7. The predicted octanol–water partition coefficient (Wildman–Crippen LogP) is 0.352. The van der Waals surface area contributed by atoms with Crippen molar-refractivity contribution in [2.45, 2.75) is 0 Å². The van der Waals surface area contributed by atoms with Gasteiger partial charge in [-0.05, 0) is 24.3 Å². The van der Waals surface area contributed by atoms with Gasteiger partial charge in [0, 0.05) is 18.8 Å². The number of rotatable bonds is 3. The van der Waals surface area contributed by atoms with Crippen molar-refractivity contribution in [3.05, 3.63) is 47.5 Å². The number of amides is 1. The topological polar surface area (TPSA) is 56.4 Å². The Morgan fingerprint density at radius 1 is 1.35 bits per heavy atom. The molecule has 1 amide bonds. The van der Waals surface area contributed by atoms with E-state index in [9.17, 15) is 9.18 Å². The predicted molar refractivity (Wildman–Crippen MR) is 60.9 cm³/mol. The molecule has 0 aromatic heterocycles. The Labute approximate surface area is 98.2 Å². The van der Waals surface area contributed by atoms with Crippen molar-refractivity contribution >= 4 is 5.91 Å². The van der Waals surface area contributed by atoms with Crippen molar-refractivity contribution in [1.82, 2.24) is 21.3 Å². The lowest BCUT2D eigenvalue weighted by Gasteiger charge is -2.17. The first kappa shape index (κ1) is 11.4. The summed E-state index contributed by atoms with van der Waals surface area (Å²) in [5.74, 6) is -0.502. The summed E-state index contributed by atoms with van der Waals surface area (Å²) in [6.45, 7) is 0.441. The van der Waals surface area contributed by atoms with Crippen LogP contribution in [0, 0.1) is 5.82 Å². The molecule has 90 valence electrons. The van der Waals surface area contributed by atoms with Gasteiger partial charge in [0.2, 0.25) is 0 Å². The van der Waals surface area contributed by atoms with Crippen LogP contribution >= 0.6 is 0 Å². The minimum Gasteiger partial charge on any atom is -0.336 e. The molecule has 0 radical (unpaired) electrons. The number of hydrogen-bond acceptors (Lipinski definition) is 4. The molecule has 0 saturated carbocycles. The molecule has 2 rings (SSSR count). The maximum Gasteiger partial charge on any atom is 0.253 e. The van der Waals surface area contributed by atoms with Crippen LogP contribution in [-0.4, -0.2) is 24.4 Å². The van der Waals surface area contributed by atoms with E-state index in [4.69, 9.17) is 0 Å². The van der Waals surface area contributed by atoms with Gasteiger partial charge in [0.1, 0.15) is 5.82 Å². The van der Waals surface area contributed by atoms with Crippen LogP contribution in [0.1, 0.15) is 10.4 Å². The number of hydrogen-bond donors (Lipinski definition) is 3. The molecule has 3 N–H and O–H groups in total. The first-order valence-electron chi connectivity index (χ1n) is 5.13. The third kappa shape index (κ3) is 2.73. The number of nitrogens with one attached hydrogen (secondary N) is 3. The van der Waals surface area contributed by atoms with Gasteiger partial charge in [-0.3, -0.25) is 4.79 Å². The molecule has 1 aromatic rings. The molecule has 0 bridgehead atoms. The van der Waals surface area contributed by atoms with Crippen molar-refractivity contribution < 1.29 is 9.18 Å². The fraction of sp³-hybridized carbons (Fsp3) is 0.182. The smallest absolute Gasteiger partial charge is 0.253 e. The molecule has 1 aliphatic rings. The van der Waals surface area contributed by atoms with Crippen LogP contribution in [0.15, 0.2) is 36.2 Å². The first-order valence-corrected chi connectivity index (χ1v) is 5.13. The number of carbonyl (C=O) groups is 1. The number of nitrogens with zero attached hydrogens (tertiary/aromatic N) is 1. The molecule has 6 heteroatoms. The van der Waals surface area contributed by atoms with Gasteiger partial charge in [-0.2, -0.15) is 5.53 Å². The minimum absolute atomic E-state index is 0.153. The van der Waals surface area contributed by atoms with Crippen molar-refractivity contribution in [3.8, 4) is 0 Å². The van der Waals surface area contributed by atoms with Crippen molar-refractivity contribution in [1.29, 1.82) is 0 Å². The lowest BCUT2D eigenvalue weighted by molar-refractivity contribution is 0.0805. The average Bonchev–Trinajstić information content (AvgIpc) is 2.82. The van der Waals surface area contributed by atoms with Gasteiger partial charge in [0.15, 0.2) is 0 Å². The molecular formula is C11H13FN4O.